The summed E-state index contributed by atoms with van der Waals surface area (Å²) in [4.78, 5) is 68.3. The van der Waals surface area contributed by atoms with Crippen molar-refractivity contribution in [1.82, 2.24) is 16.0 Å². The largest absolute Gasteiger partial charge is 0.481 e. The van der Waals surface area contributed by atoms with Gasteiger partial charge < -0.3 is 37.6 Å². The quantitative estimate of drug-likeness (QED) is 0.173. The van der Waals surface area contributed by atoms with Crippen LogP contribution < -0.4 is 27.4 Å². The molecule has 9 N–H and O–H groups in total. The molecule has 0 aliphatic carbocycles. The van der Waals surface area contributed by atoms with Crippen molar-refractivity contribution in [3.63, 3.8) is 0 Å². The molecule has 0 aliphatic rings. The number of hydrogen-bond donors (Lipinski definition) is 7. The number of nitrogens with two attached hydrogens (primary N) is 2. The summed E-state index contributed by atoms with van der Waals surface area (Å²) in [5.74, 6) is -6.26. The SMILES string of the molecule is CC(N)C(=O)NC(CCC(N)=O)C(=O)NC(CC(=O)O)C(=O)NCC(=O)O. The Balaban J connectivity index is 5.21. The molecule has 0 bridgehead atoms. The summed E-state index contributed by atoms with van der Waals surface area (Å²) >= 11 is 0. The predicted octanol–water partition coefficient (Wildman–Crippen LogP) is -3.76. The van der Waals surface area contributed by atoms with E-state index in [9.17, 15) is 28.8 Å². The lowest BCUT2D eigenvalue weighted by Gasteiger charge is -2.22. The highest BCUT2D eigenvalue weighted by Crippen LogP contribution is 2.01. The van der Waals surface area contributed by atoms with Crippen molar-refractivity contribution in [3.05, 3.63) is 0 Å². The molecule has 0 spiro atoms. The number of nitrogens with one attached hydrogen (secondary N) is 3. The molecule has 27 heavy (non-hydrogen) atoms. The molecule has 13 nitrogen and oxygen atoms in total. The zero-order chi connectivity index (χ0) is 21.1. The van der Waals surface area contributed by atoms with Crippen molar-refractivity contribution in [2.24, 2.45) is 11.5 Å². The molecule has 0 saturated heterocycles. The van der Waals surface area contributed by atoms with E-state index in [0.29, 0.717) is 0 Å². The molecule has 0 aromatic carbocycles. The standard InChI is InChI=1S/C14H23N5O8/c1-6(15)12(25)18-7(2-3-9(16)20)14(27)19-8(4-10(21)22)13(26)17-5-11(23)24/h6-8H,2-5,15H2,1H3,(H2,16,20)(H,17,26)(H,18,25)(H,19,27)(H,21,22)(H,23,24). The summed E-state index contributed by atoms with van der Waals surface area (Å²) in [6.07, 6.45) is -1.32. The third kappa shape index (κ3) is 10.4. The lowest BCUT2D eigenvalue weighted by molar-refractivity contribution is -0.141. The van der Waals surface area contributed by atoms with Crippen molar-refractivity contribution in [2.45, 2.75) is 44.3 Å². The fourth-order valence-electron chi connectivity index (χ4n) is 1.80. The topological polar surface area (TPSA) is 231 Å². The summed E-state index contributed by atoms with van der Waals surface area (Å²) < 4.78 is 0. The molecule has 0 aromatic heterocycles. The maximum absolute atomic E-state index is 12.3. The number of hydrogen-bond acceptors (Lipinski definition) is 7. The van der Waals surface area contributed by atoms with Gasteiger partial charge in [-0.15, -0.1) is 0 Å². The molecule has 0 aliphatic heterocycles. The van der Waals surface area contributed by atoms with E-state index in [1.54, 1.807) is 0 Å². The van der Waals surface area contributed by atoms with Crippen LogP contribution >= 0.6 is 0 Å². The average molecular weight is 389 g/mol. The van der Waals surface area contributed by atoms with Gasteiger partial charge in [-0.05, 0) is 13.3 Å². The molecule has 13 heteroatoms. The molecule has 3 unspecified atom stereocenters. The number of carbonyl (C=O) groups excluding carboxylic acids is 4. The van der Waals surface area contributed by atoms with Crippen molar-refractivity contribution < 1.29 is 39.0 Å². The molecule has 3 atom stereocenters. The van der Waals surface area contributed by atoms with Crippen LogP contribution in [0.4, 0.5) is 0 Å². The van der Waals surface area contributed by atoms with Crippen LogP contribution in [-0.2, 0) is 28.8 Å². The highest BCUT2D eigenvalue weighted by atomic mass is 16.4. The Bertz CT molecular complexity index is 606. The number of rotatable bonds is 12. The van der Waals surface area contributed by atoms with Gasteiger partial charge in [0.15, 0.2) is 0 Å². The van der Waals surface area contributed by atoms with E-state index in [1.807, 2.05) is 5.32 Å². The maximum Gasteiger partial charge on any atom is 0.322 e. The number of primary amides is 1. The van der Waals surface area contributed by atoms with Crippen LogP contribution in [0.1, 0.15) is 26.2 Å². The first kappa shape index (κ1) is 23.8. The molecule has 0 radical (unpaired) electrons. The van der Waals surface area contributed by atoms with E-state index in [-0.39, 0.29) is 12.8 Å². The molecule has 0 saturated carbocycles. The molecule has 0 aromatic rings. The van der Waals surface area contributed by atoms with E-state index in [2.05, 4.69) is 10.6 Å². The first-order valence-corrected chi connectivity index (χ1v) is 7.80. The van der Waals surface area contributed by atoms with Gasteiger partial charge in [0.25, 0.3) is 0 Å². The Morgan fingerprint density at radius 1 is 0.889 bits per heavy atom. The van der Waals surface area contributed by atoms with E-state index in [4.69, 9.17) is 21.7 Å². The maximum atomic E-state index is 12.3. The van der Waals surface area contributed by atoms with Gasteiger partial charge in [0, 0.05) is 6.42 Å². The minimum atomic E-state index is -1.60. The Morgan fingerprint density at radius 2 is 1.44 bits per heavy atom. The average Bonchev–Trinajstić information content (AvgIpc) is 2.54. The minimum absolute atomic E-state index is 0.212. The fraction of sp³-hybridized carbons (Fsp3) is 0.571. The van der Waals surface area contributed by atoms with Crippen LogP contribution in [0.2, 0.25) is 0 Å². The van der Waals surface area contributed by atoms with Crippen LogP contribution in [0.15, 0.2) is 0 Å². The Kier molecular flexibility index (Phi) is 10.0. The predicted molar refractivity (Wildman–Crippen MR) is 88.8 cm³/mol. The lowest BCUT2D eigenvalue weighted by Crippen LogP contribution is -2.56. The Hall–Kier alpha value is -3.22. The molecular weight excluding hydrogens is 366 g/mol. The molecule has 4 amide bonds. The highest BCUT2D eigenvalue weighted by molar-refractivity contribution is 5.95. The molecule has 0 rings (SSSR count). The second kappa shape index (κ2) is 11.4. The van der Waals surface area contributed by atoms with Gasteiger partial charge in [-0.1, -0.05) is 0 Å². The van der Waals surface area contributed by atoms with E-state index in [0.717, 1.165) is 0 Å². The van der Waals surface area contributed by atoms with Crippen molar-refractivity contribution >= 4 is 35.6 Å². The molecular formula is C14H23N5O8. The van der Waals surface area contributed by atoms with E-state index < -0.39 is 66.7 Å². The van der Waals surface area contributed by atoms with Gasteiger partial charge in [-0.25, -0.2) is 0 Å². The number of carboxylic acids is 2. The highest BCUT2D eigenvalue weighted by Gasteiger charge is 2.29. The first-order valence-electron chi connectivity index (χ1n) is 7.80. The van der Waals surface area contributed by atoms with Gasteiger partial charge in [-0.3, -0.25) is 28.8 Å². The minimum Gasteiger partial charge on any atom is -0.481 e. The second-order valence-electron chi connectivity index (χ2n) is 5.63. The van der Waals surface area contributed by atoms with Gasteiger partial charge in [0.2, 0.25) is 23.6 Å². The van der Waals surface area contributed by atoms with E-state index >= 15 is 0 Å². The monoisotopic (exact) mass is 389 g/mol. The van der Waals surface area contributed by atoms with Crippen LogP contribution in [-0.4, -0.2) is 70.5 Å². The molecule has 0 fully saturated rings. The number of aliphatic carboxylic acids is 2. The summed E-state index contributed by atoms with van der Waals surface area (Å²) in [7, 11) is 0. The number of amides is 4. The second-order valence-corrected chi connectivity index (χ2v) is 5.63. The number of carbonyl (C=O) groups is 6. The van der Waals surface area contributed by atoms with Gasteiger partial charge in [0.05, 0.1) is 12.5 Å². The van der Waals surface area contributed by atoms with E-state index in [1.165, 1.54) is 6.92 Å². The van der Waals surface area contributed by atoms with Crippen molar-refractivity contribution in [2.75, 3.05) is 6.54 Å². The number of carboxylic acid groups (broad SMARTS) is 2. The molecule has 0 heterocycles. The summed E-state index contributed by atoms with van der Waals surface area (Å²) in [5.41, 5.74) is 10.4. The third-order valence-corrected chi connectivity index (χ3v) is 3.15. The van der Waals surface area contributed by atoms with Gasteiger partial charge in [-0.2, -0.15) is 0 Å². The summed E-state index contributed by atoms with van der Waals surface area (Å²) in [6.45, 7) is 0.572. The van der Waals surface area contributed by atoms with Crippen molar-refractivity contribution in [1.29, 1.82) is 0 Å². The van der Waals surface area contributed by atoms with Crippen LogP contribution in [0.3, 0.4) is 0 Å². The lowest BCUT2D eigenvalue weighted by atomic mass is 10.1. The third-order valence-electron chi connectivity index (χ3n) is 3.15. The fourth-order valence-corrected chi connectivity index (χ4v) is 1.80. The first-order chi connectivity index (χ1) is 12.4. The van der Waals surface area contributed by atoms with Crippen LogP contribution in [0.5, 0.6) is 0 Å². The zero-order valence-electron chi connectivity index (χ0n) is 14.6. The molecule has 152 valence electrons. The van der Waals surface area contributed by atoms with Gasteiger partial charge >= 0.3 is 11.9 Å². The zero-order valence-corrected chi connectivity index (χ0v) is 14.6. The smallest absolute Gasteiger partial charge is 0.322 e. The summed E-state index contributed by atoms with van der Waals surface area (Å²) in [6, 6.07) is -3.88. The Labute approximate surface area is 153 Å². The van der Waals surface area contributed by atoms with Crippen LogP contribution in [0.25, 0.3) is 0 Å². The Morgan fingerprint density at radius 3 is 1.89 bits per heavy atom. The van der Waals surface area contributed by atoms with Gasteiger partial charge in [0.1, 0.15) is 18.6 Å². The normalized spacial score (nSPS) is 13.6. The van der Waals surface area contributed by atoms with Crippen LogP contribution in [0, 0.1) is 0 Å². The van der Waals surface area contributed by atoms with Crippen molar-refractivity contribution in [3.8, 4) is 0 Å². The summed E-state index contributed by atoms with van der Waals surface area (Å²) in [5, 5.41) is 23.7.